The van der Waals surface area contributed by atoms with E-state index in [1.807, 2.05) is 24.3 Å². The largest absolute Gasteiger partial charge is 0.338 e. The van der Waals surface area contributed by atoms with E-state index in [2.05, 4.69) is 20.6 Å². The molecule has 0 aliphatic rings. The molecule has 0 aliphatic carbocycles. The van der Waals surface area contributed by atoms with Crippen LogP contribution in [0.4, 0.5) is 11.4 Å². The first-order valence-electron chi connectivity index (χ1n) is 9.64. The van der Waals surface area contributed by atoms with Gasteiger partial charge in [-0.3, -0.25) is 9.59 Å². The van der Waals surface area contributed by atoms with E-state index in [1.54, 1.807) is 43.4 Å². The number of amides is 2. The van der Waals surface area contributed by atoms with Gasteiger partial charge in [0.05, 0.1) is 17.0 Å². The molecule has 6 nitrogen and oxygen atoms in total. The van der Waals surface area contributed by atoms with Crippen molar-refractivity contribution in [3.8, 4) is 11.4 Å². The van der Waals surface area contributed by atoms with E-state index in [1.165, 1.54) is 6.92 Å². The number of imidazole rings is 1. The Morgan fingerprint density at radius 1 is 1.13 bits per heavy atom. The zero-order chi connectivity index (χ0) is 22.4. The number of aromatic amines is 1. The standard InChI is InChI=1S/C23H22Cl2N4O2/c1-14(19(25)5-3-4-12-24)23(31)27-17-8-6-16(7-9-17)22-28-20-11-10-18(26-15(2)30)13-21(20)29-22/h3-11,13-14H,12H2,1-2H3,(H,26,30)(H,27,31)(H,28,29)/b4-3-,19-5+. The summed E-state index contributed by atoms with van der Waals surface area (Å²) in [5.41, 5.74) is 3.84. The predicted octanol–water partition coefficient (Wildman–Crippen LogP) is 5.68. The molecule has 2 amide bonds. The average Bonchev–Trinajstić information content (AvgIpc) is 3.16. The van der Waals surface area contributed by atoms with Crippen LogP contribution >= 0.6 is 23.2 Å². The first-order chi connectivity index (χ1) is 14.9. The summed E-state index contributed by atoms with van der Waals surface area (Å²) in [5.74, 6) is 0.250. The maximum Gasteiger partial charge on any atom is 0.232 e. The van der Waals surface area contributed by atoms with Crippen LogP contribution in [-0.4, -0.2) is 27.7 Å². The van der Waals surface area contributed by atoms with Gasteiger partial charge < -0.3 is 15.6 Å². The fraction of sp³-hybridized carbons (Fsp3) is 0.174. The molecule has 31 heavy (non-hydrogen) atoms. The Hall–Kier alpha value is -3.09. The van der Waals surface area contributed by atoms with Crippen molar-refractivity contribution < 1.29 is 9.59 Å². The molecule has 1 atom stereocenters. The molecule has 8 heteroatoms. The van der Waals surface area contributed by atoms with Crippen molar-refractivity contribution >= 4 is 57.4 Å². The summed E-state index contributed by atoms with van der Waals surface area (Å²) in [6.07, 6.45) is 5.13. The van der Waals surface area contributed by atoms with Crippen LogP contribution in [0.15, 0.2) is 65.7 Å². The number of alkyl halides is 1. The second-order valence-electron chi connectivity index (χ2n) is 6.92. The molecule has 0 radical (unpaired) electrons. The van der Waals surface area contributed by atoms with Gasteiger partial charge in [-0.25, -0.2) is 4.98 Å². The molecule has 3 aromatic rings. The summed E-state index contributed by atoms with van der Waals surface area (Å²) in [5, 5.41) is 6.04. The zero-order valence-electron chi connectivity index (χ0n) is 17.1. The Morgan fingerprint density at radius 3 is 2.52 bits per heavy atom. The lowest BCUT2D eigenvalue weighted by Crippen LogP contribution is -2.20. The minimum atomic E-state index is -0.491. The van der Waals surface area contributed by atoms with Crippen LogP contribution in [0.1, 0.15) is 13.8 Å². The minimum absolute atomic E-state index is 0.130. The molecule has 0 aliphatic heterocycles. The lowest BCUT2D eigenvalue weighted by Gasteiger charge is -2.11. The number of halogens is 2. The molecule has 160 valence electrons. The van der Waals surface area contributed by atoms with Crippen molar-refractivity contribution in [3.63, 3.8) is 0 Å². The van der Waals surface area contributed by atoms with Crippen molar-refractivity contribution in [3.05, 3.63) is 65.7 Å². The van der Waals surface area contributed by atoms with Gasteiger partial charge in [0.2, 0.25) is 11.8 Å². The lowest BCUT2D eigenvalue weighted by atomic mass is 10.1. The SMILES string of the molecule is CC(=O)Nc1ccc2nc(-c3ccc(NC(=O)C(C)/C(Cl)=C\C=C/CCl)cc3)[nH]c2c1. The number of hydrogen-bond acceptors (Lipinski definition) is 3. The monoisotopic (exact) mass is 456 g/mol. The number of H-pyrrole nitrogens is 1. The van der Waals surface area contributed by atoms with Crippen LogP contribution in [-0.2, 0) is 9.59 Å². The van der Waals surface area contributed by atoms with Crippen molar-refractivity contribution in [2.45, 2.75) is 13.8 Å². The fourth-order valence-electron chi connectivity index (χ4n) is 2.87. The quantitative estimate of drug-likeness (QED) is 0.315. The van der Waals surface area contributed by atoms with Gasteiger partial charge >= 0.3 is 0 Å². The maximum absolute atomic E-state index is 12.4. The van der Waals surface area contributed by atoms with E-state index in [4.69, 9.17) is 23.2 Å². The summed E-state index contributed by atoms with van der Waals surface area (Å²) in [6.45, 7) is 3.20. The van der Waals surface area contributed by atoms with Crippen LogP contribution in [0.3, 0.4) is 0 Å². The van der Waals surface area contributed by atoms with E-state index < -0.39 is 5.92 Å². The molecule has 0 bridgehead atoms. The third-order valence-electron chi connectivity index (χ3n) is 4.52. The zero-order valence-corrected chi connectivity index (χ0v) is 18.6. The van der Waals surface area contributed by atoms with Crippen LogP contribution in [0.2, 0.25) is 0 Å². The average molecular weight is 457 g/mol. The number of nitrogens with one attached hydrogen (secondary N) is 3. The molecule has 0 fully saturated rings. The van der Waals surface area contributed by atoms with Crippen molar-refractivity contribution in [2.75, 3.05) is 16.5 Å². The van der Waals surface area contributed by atoms with E-state index in [0.29, 0.717) is 28.1 Å². The van der Waals surface area contributed by atoms with Crippen molar-refractivity contribution in [2.24, 2.45) is 5.92 Å². The summed E-state index contributed by atoms with van der Waals surface area (Å²) in [6, 6.07) is 12.8. The second kappa shape index (κ2) is 10.3. The number of fused-ring (bicyclic) bond motifs is 1. The normalized spacial score (nSPS) is 12.8. The van der Waals surface area contributed by atoms with Gasteiger partial charge in [-0.1, -0.05) is 23.8 Å². The summed E-state index contributed by atoms with van der Waals surface area (Å²) < 4.78 is 0. The number of anilines is 2. The van der Waals surface area contributed by atoms with E-state index in [9.17, 15) is 9.59 Å². The Balaban J connectivity index is 1.71. The van der Waals surface area contributed by atoms with Gasteiger partial charge in [-0.05, 0) is 55.5 Å². The van der Waals surface area contributed by atoms with Gasteiger partial charge in [-0.2, -0.15) is 0 Å². The minimum Gasteiger partial charge on any atom is -0.338 e. The molecule has 3 rings (SSSR count). The number of hydrogen-bond donors (Lipinski definition) is 3. The summed E-state index contributed by atoms with van der Waals surface area (Å²) in [7, 11) is 0. The number of carbonyl (C=O) groups excluding carboxylic acids is 2. The van der Waals surface area contributed by atoms with Crippen LogP contribution < -0.4 is 10.6 Å². The van der Waals surface area contributed by atoms with Crippen LogP contribution in [0.5, 0.6) is 0 Å². The maximum atomic E-state index is 12.4. The summed E-state index contributed by atoms with van der Waals surface area (Å²) >= 11 is 11.8. The number of aromatic nitrogens is 2. The highest BCUT2D eigenvalue weighted by molar-refractivity contribution is 6.31. The van der Waals surface area contributed by atoms with Gasteiger partial charge in [0.1, 0.15) is 5.82 Å². The molecule has 1 heterocycles. The number of nitrogens with zero attached hydrogens (tertiary/aromatic N) is 1. The Bertz CT molecular complexity index is 1150. The predicted molar refractivity (Wildman–Crippen MR) is 127 cm³/mol. The van der Waals surface area contributed by atoms with Crippen LogP contribution in [0, 0.1) is 5.92 Å². The molecule has 0 spiro atoms. The highest BCUT2D eigenvalue weighted by atomic mass is 35.5. The van der Waals surface area contributed by atoms with E-state index in [0.717, 1.165) is 16.6 Å². The molecular formula is C23H22Cl2N4O2. The Morgan fingerprint density at radius 2 is 1.84 bits per heavy atom. The molecule has 0 saturated carbocycles. The molecule has 2 aromatic carbocycles. The smallest absolute Gasteiger partial charge is 0.232 e. The number of benzene rings is 2. The fourth-order valence-corrected chi connectivity index (χ4v) is 3.14. The third kappa shape index (κ3) is 5.96. The third-order valence-corrected chi connectivity index (χ3v) is 5.15. The molecule has 1 unspecified atom stereocenters. The topological polar surface area (TPSA) is 86.9 Å². The van der Waals surface area contributed by atoms with Crippen LogP contribution in [0.25, 0.3) is 22.4 Å². The van der Waals surface area contributed by atoms with E-state index >= 15 is 0 Å². The molecule has 0 saturated heterocycles. The van der Waals surface area contributed by atoms with Gasteiger partial charge in [0.15, 0.2) is 0 Å². The first kappa shape index (κ1) is 22.6. The highest BCUT2D eigenvalue weighted by Gasteiger charge is 2.16. The van der Waals surface area contributed by atoms with Crippen molar-refractivity contribution in [1.82, 2.24) is 9.97 Å². The lowest BCUT2D eigenvalue weighted by molar-refractivity contribution is -0.118. The number of rotatable bonds is 7. The molecule has 1 aromatic heterocycles. The Kier molecular flexibility index (Phi) is 7.50. The second-order valence-corrected chi connectivity index (χ2v) is 7.67. The van der Waals surface area contributed by atoms with Gasteiger partial charge in [0, 0.05) is 34.8 Å². The van der Waals surface area contributed by atoms with Gasteiger partial charge in [-0.15, -0.1) is 11.6 Å². The molecule has 3 N–H and O–H groups in total. The van der Waals surface area contributed by atoms with Crippen molar-refractivity contribution in [1.29, 1.82) is 0 Å². The van der Waals surface area contributed by atoms with E-state index in [-0.39, 0.29) is 11.8 Å². The molecular weight excluding hydrogens is 435 g/mol. The van der Waals surface area contributed by atoms with Gasteiger partial charge in [0.25, 0.3) is 0 Å². The number of allylic oxidation sites excluding steroid dienone is 3. The Labute approximate surface area is 190 Å². The highest BCUT2D eigenvalue weighted by Crippen LogP contribution is 2.25. The number of carbonyl (C=O) groups is 2. The summed E-state index contributed by atoms with van der Waals surface area (Å²) in [4.78, 5) is 31.5. The first-order valence-corrected chi connectivity index (χ1v) is 10.6.